The smallest absolute Gasteiger partial charge is 0.423 e. The first-order valence-corrected chi connectivity index (χ1v) is 6.69. The van der Waals surface area contributed by atoms with E-state index >= 15 is 0 Å². The van der Waals surface area contributed by atoms with Gasteiger partial charge in [-0.05, 0) is 23.9 Å². The van der Waals surface area contributed by atoms with Gasteiger partial charge in [-0.1, -0.05) is 63.3 Å². The van der Waals surface area contributed by atoms with Gasteiger partial charge < -0.3 is 10.0 Å². The number of benzene rings is 1. The van der Waals surface area contributed by atoms with Crippen LogP contribution >= 0.6 is 0 Å². The van der Waals surface area contributed by atoms with E-state index in [1.807, 2.05) is 12.1 Å². The standard InChI is InChI=1S/C14H23BO2/c1-2-3-4-5-6-7-8-13-9-11-14(12-10-13)15(16)17/h9-12,16-17H,2-8H2,1H3. The maximum atomic E-state index is 8.97. The molecule has 0 saturated carbocycles. The molecule has 2 N–H and O–H groups in total. The summed E-state index contributed by atoms with van der Waals surface area (Å²) in [7, 11) is -1.35. The molecule has 0 aliphatic rings. The predicted molar refractivity (Wildman–Crippen MR) is 73.3 cm³/mol. The van der Waals surface area contributed by atoms with Crippen molar-refractivity contribution in [2.75, 3.05) is 0 Å². The van der Waals surface area contributed by atoms with Gasteiger partial charge in [0.2, 0.25) is 0 Å². The molecule has 0 aliphatic heterocycles. The fourth-order valence-corrected chi connectivity index (χ4v) is 1.97. The second kappa shape index (κ2) is 8.32. The molecule has 0 spiro atoms. The van der Waals surface area contributed by atoms with Crippen LogP contribution in [-0.2, 0) is 6.42 Å². The van der Waals surface area contributed by atoms with Crippen LogP contribution in [-0.4, -0.2) is 17.2 Å². The first-order chi connectivity index (χ1) is 8.24. The Bertz CT molecular complexity index is 296. The van der Waals surface area contributed by atoms with Crippen LogP contribution in [0.1, 0.15) is 51.0 Å². The molecule has 0 saturated heterocycles. The van der Waals surface area contributed by atoms with E-state index in [1.165, 1.54) is 44.1 Å². The summed E-state index contributed by atoms with van der Waals surface area (Å²) in [5.74, 6) is 0. The monoisotopic (exact) mass is 234 g/mol. The number of rotatable bonds is 8. The van der Waals surface area contributed by atoms with Crippen LogP contribution in [0.4, 0.5) is 0 Å². The van der Waals surface area contributed by atoms with E-state index in [2.05, 4.69) is 6.92 Å². The van der Waals surface area contributed by atoms with E-state index in [9.17, 15) is 0 Å². The molecule has 0 aliphatic carbocycles. The molecule has 0 radical (unpaired) electrons. The fourth-order valence-electron chi connectivity index (χ4n) is 1.97. The van der Waals surface area contributed by atoms with E-state index < -0.39 is 7.12 Å². The Morgan fingerprint density at radius 1 is 0.882 bits per heavy atom. The maximum absolute atomic E-state index is 8.97. The van der Waals surface area contributed by atoms with Crippen LogP contribution in [0.5, 0.6) is 0 Å². The summed E-state index contributed by atoms with van der Waals surface area (Å²) in [5.41, 5.74) is 1.85. The van der Waals surface area contributed by atoms with Crippen molar-refractivity contribution >= 4 is 12.6 Å². The summed E-state index contributed by atoms with van der Waals surface area (Å²) in [4.78, 5) is 0. The van der Waals surface area contributed by atoms with Gasteiger partial charge in [0.05, 0.1) is 0 Å². The molecule has 0 unspecified atom stereocenters. The van der Waals surface area contributed by atoms with Gasteiger partial charge in [-0.15, -0.1) is 0 Å². The van der Waals surface area contributed by atoms with Gasteiger partial charge in [-0.2, -0.15) is 0 Å². The molecule has 2 nitrogen and oxygen atoms in total. The molecule has 1 aromatic rings. The molecule has 3 heteroatoms. The molecule has 94 valence electrons. The molecule has 0 heterocycles. The van der Waals surface area contributed by atoms with Gasteiger partial charge in [0.1, 0.15) is 0 Å². The van der Waals surface area contributed by atoms with E-state index in [4.69, 9.17) is 10.0 Å². The average Bonchev–Trinajstić information content (AvgIpc) is 2.34. The number of aryl methyl sites for hydroxylation is 1. The van der Waals surface area contributed by atoms with E-state index in [0.717, 1.165) is 6.42 Å². The van der Waals surface area contributed by atoms with Crippen molar-refractivity contribution in [1.29, 1.82) is 0 Å². The SMILES string of the molecule is CCCCCCCCc1ccc(B(O)O)cc1. The lowest BCUT2D eigenvalue weighted by Gasteiger charge is -2.04. The molecule has 1 aromatic carbocycles. The summed E-state index contributed by atoms with van der Waals surface area (Å²) < 4.78 is 0. The van der Waals surface area contributed by atoms with Gasteiger partial charge in [0, 0.05) is 0 Å². The molecular formula is C14H23BO2. The van der Waals surface area contributed by atoms with Gasteiger partial charge in [0.15, 0.2) is 0 Å². The highest BCUT2D eigenvalue weighted by Crippen LogP contribution is 2.09. The Balaban J connectivity index is 2.19. The summed E-state index contributed by atoms with van der Waals surface area (Å²) in [6, 6.07) is 7.55. The molecule has 17 heavy (non-hydrogen) atoms. The summed E-state index contributed by atoms with van der Waals surface area (Å²) in [5, 5.41) is 17.9. The number of hydrogen-bond donors (Lipinski definition) is 2. The third-order valence-corrected chi connectivity index (χ3v) is 3.10. The molecule has 0 atom stereocenters. The Hall–Kier alpha value is -0.795. The van der Waals surface area contributed by atoms with E-state index in [1.54, 1.807) is 12.1 Å². The Labute approximate surface area is 105 Å². The zero-order valence-corrected chi connectivity index (χ0v) is 10.7. The Kier molecular flexibility index (Phi) is 6.98. The minimum Gasteiger partial charge on any atom is -0.423 e. The zero-order valence-electron chi connectivity index (χ0n) is 10.7. The average molecular weight is 234 g/mol. The van der Waals surface area contributed by atoms with Gasteiger partial charge in [0.25, 0.3) is 0 Å². The molecule has 0 amide bonds. The maximum Gasteiger partial charge on any atom is 0.488 e. The molecule has 0 bridgehead atoms. The van der Waals surface area contributed by atoms with Crippen molar-refractivity contribution < 1.29 is 10.0 Å². The molecule has 1 rings (SSSR count). The number of unbranched alkanes of at least 4 members (excludes halogenated alkanes) is 5. The Morgan fingerprint density at radius 3 is 2.06 bits per heavy atom. The number of hydrogen-bond acceptors (Lipinski definition) is 2. The highest BCUT2D eigenvalue weighted by Gasteiger charge is 2.09. The minimum atomic E-state index is -1.35. The first-order valence-electron chi connectivity index (χ1n) is 6.69. The first kappa shape index (κ1) is 14.3. The lowest BCUT2D eigenvalue weighted by molar-refractivity contribution is 0.426. The van der Waals surface area contributed by atoms with Crippen LogP contribution < -0.4 is 5.46 Å². The van der Waals surface area contributed by atoms with Gasteiger partial charge in [-0.25, -0.2) is 0 Å². The Morgan fingerprint density at radius 2 is 1.47 bits per heavy atom. The highest BCUT2D eigenvalue weighted by molar-refractivity contribution is 6.58. The fraction of sp³-hybridized carbons (Fsp3) is 0.571. The largest absolute Gasteiger partial charge is 0.488 e. The van der Waals surface area contributed by atoms with Crippen LogP contribution in [0.15, 0.2) is 24.3 Å². The zero-order chi connectivity index (χ0) is 12.5. The summed E-state index contributed by atoms with van der Waals surface area (Å²) in [6.07, 6.45) is 8.95. The van der Waals surface area contributed by atoms with Crippen LogP contribution in [0.25, 0.3) is 0 Å². The van der Waals surface area contributed by atoms with Crippen molar-refractivity contribution in [2.24, 2.45) is 0 Å². The lowest BCUT2D eigenvalue weighted by Crippen LogP contribution is -2.29. The molecule has 0 fully saturated rings. The summed E-state index contributed by atoms with van der Waals surface area (Å²) >= 11 is 0. The van der Waals surface area contributed by atoms with Gasteiger partial charge in [-0.3, -0.25) is 0 Å². The van der Waals surface area contributed by atoms with E-state index in [0.29, 0.717) is 5.46 Å². The predicted octanol–water partition coefficient (Wildman–Crippen LogP) is 2.27. The minimum absolute atomic E-state index is 0.566. The normalized spacial score (nSPS) is 10.5. The van der Waals surface area contributed by atoms with Crippen LogP contribution in [0.2, 0.25) is 0 Å². The highest BCUT2D eigenvalue weighted by atomic mass is 16.4. The summed E-state index contributed by atoms with van der Waals surface area (Å²) in [6.45, 7) is 2.23. The third kappa shape index (κ3) is 5.90. The topological polar surface area (TPSA) is 40.5 Å². The van der Waals surface area contributed by atoms with E-state index in [-0.39, 0.29) is 0 Å². The van der Waals surface area contributed by atoms with Crippen molar-refractivity contribution in [3.8, 4) is 0 Å². The molecular weight excluding hydrogens is 211 g/mol. The third-order valence-electron chi connectivity index (χ3n) is 3.10. The van der Waals surface area contributed by atoms with Crippen molar-refractivity contribution in [2.45, 2.75) is 51.9 Å². The van der Waals surface area contributed by atoms with Crippen molar-refractivity contribution in [3.63, 3.8) is 0 Å². The second-order valence-electron chi connectivity index (χ2n) is 4.63. The quantitative estimate of drug-likeness (QED) is 0.535. The lowest BCUT2D eigenvalue weighted by atomic mass is 9.80. The van der Waals surface area contributed by atoms with Crippen molar-refractivity contribution in [1.82, 2.24) is 0 Å². The second-order valence-corrected chi connectivity index (χ2v) is 4.63. The van der Waals surface area contributed by atoms with Gasteiger partial charge >= 0.3 is 7.12 Å². The van der Waals surface area contributed by atoms with Crippen molar-refractivity contribution in [3.05, 3.63) is 29.8 Å². The van der Waals surface area contributed by atoms with Crippen LogP contribution in [0.3, 0.4) is 0 Å². The molecule has 0 aromatic heterocycles. The van der Waals surface area contributed by atoms with Crippen LogP contribution in [0, 0.1) is 0 Å².